The van der Waals surface area contributed by atoms with E-state index in [-0.39, 0.29) is 11.8 Å². The first kappa shape index (κ1) is 23.0. The maximum absolute atomic E-state index is 12.7. The van der Waals surface area contributed by atoms with Gasteiger partial charge in [-0.1, -0.05) is 72.8 Å². The van der Waals surface area contributed by atoms with Crippen LogP contribution in [0.4, 0.5) is 11.4 Å². The lowest BCUT2D eigenvalue weighted by Crippen LogP contribution is -2.14. The van der Waals surface area contributed by atoms with Crippen LogP contribution in [-0.2, 0) is 9.59 Å². The number of amides is 2. The zero-order valence-corrected chi connectivity index (χ0v) is 19.1. The van der Waals surface area contributed by atoms with Crippen LogP contribution in [0.5, 0.6) is 0 Å². The van der Waals surface area contributed by atoms with Crippen molar-refractivity contribution in [2.75, 3.05) is 10.6 Å². The van der Waals surface area contributed by atoms with Crippen LogP contribution >= 0.6 is 0 Å². The maximum atomic E-state index is 12.7. The van der Waals surface area contributed by atoms with E-state index >= 15 is 0 Å². The molecule has 0 bridgehead atoms. The number of carbonyl (C=O) groups excluding carboxylic acids is 2. The van der Waals surface area contributed by atoms with E-state index in [0.717, 1.165) is 32.7 Å². The fourth-order valence-corrected chi connectivity index (χ4v) is 4.18. The average molecular weight is 449 g/mol. The Morgan fingerprint density at radius 1 is 0.618 bits per heavy atom. The Balaban J connectivity index is 1.96. The van der Waals surface area contributed by atoms with Gasteiger partial charge in [-0.25, -0.2) is 0 Å². The van der Waals surface area contributed by atoms with Crippen LogP contribution in [0.1, 0.15) is 25.7 Å². The predicted octanol–water partition coefficient (Wildman–Crippen LogP) is 7.47. The van der Waals surface area contributed by atoms with Gasteiger partial charge in [-0.15, -0.1) is 13.2 Å². The molecule has 0 radical (unpaired) electrons. The van der Waals surface area contributed by atoms with E-state index in [2.05, 4.69) is 48.1 Å². The van der Waals surface area contributed by atoms with E-state index in [9.17, 15) is 9.59 Å². The Hall–Kier alpha value is -4.18. The van der Waals surface area contributed by atoms with Crippen molar-refractivity contribution >= 4 is 44.7 Å². The predicted molar refractivity (Wildman–Crippen MR) is 143 cm³/mol. The molecule has 0 aliphatic rings. The SMILES string of the molecule is C=CCCC(=O)Nc1ccc2ccccc2c1-c1c(NC(=O)CCC=C)ccc2ccccc12. The van der Waals surface area contributed by atoms with Crippen molar-refractivity contribution in [2.45, 2.75) is 25.7 Å². The van der Waals surface area contributed by atoms with Crippen LogP contribution in [0, 0.1) is 0 Å². The van der Waals surface area contributed by atoms with Gasteiger partial charge in [0.05, 0.1) is 0 Å². The molecule has 0 aromatic heterocycles. The molecular weight excluding hydrogens is 420 g/mol. The Morgan fingerprint density at radius 2 is 1.03 bits per heavy atom. The van der Waals surface area contributed by atoms with Gasteiger partial charge >= 0.3 is 0 Å². The molecule has 4 heteroatoms. The molecule has 0 saturated heterocycles. The molecule has 4 aromatic rings. The first-order valence-electron chi connectivity index (χ1n) is 11.5. The van der Waals surface area contributed by atoms with Crippen molar-refractivity contribution in [3.63, 3.8) is 0 Å². The molecule has 0 unspecified atom stereocenters. The monoisotopic (exact) mass is 448 g/mol. The van der Waals surface area contributed by atoms with Crippen LogP contribution in [0.25, 0.3) is 32.7 Å². The Bertz CT molecular complexity index is 1280. The summed E-state index contributed by atoms with van der Waals surface area (Å²) >= 11 is 0. The van der Waals surface area contributed by atoms with Gasteiger partial charge in [0.25, 0.3) is 0 Å². The molecular formula is C30H28N2O2. The number of hydrogen-bond donors (Lipinski definition) is 2. The molecule has 0 aliphatic heterocycles. The van der Waals surface area contributed by atoms with Gasteiger partial charge in [0.1, 0.15) is 0 Å². The van der Waals surface area contributed by atoms with E-state index in [4.69, 9.17) is 0 Å². The fourth-order valence-electron chi connectivity index (χ4n) is 4.18. The van der Waals surface area contributed by atoms with Gasteiger partial charge < -0.3 is 10.6 Å². The molecule has 170 valence electrons. The van der Waals surface area contributed by atoms with Gasteiger partial charge in [-0.05, 0) is 46.5 Å². The summed E-state index contributed by atoms with van der Waals surface area (Å²) in [5.41, 5.74) is 3.21. The van der Waals surface area contributed by atoms with E-state index in [1.165, 1.54) is 0 Å². The summed E-state index contributed by atoms with van der Waals surface area (Å²) < 4.78 is 0. The maximum Gasteiger partial charge on any atom is 0.224 e. The number of hydrogen-bond acceptors (Lipinski definition) is 2. The lowest BCUT2D eigenvalue weighted by atomic mass is 9.90. The summed E-state index contributed by atoms with van der Waals surface area (Å²) in [5, 5.41) is 10.3. The lowest BCUT2D eigenvalue weighted by molar-refractivity contribution is -0.117. The summed E-state index contributed by atoms with van der Waals surface area (Å²) in [6.45, 7) is 7.43. The number of rotatable bonds is 9. The van der Waals surface area contributed by atoms with Crippen LogP contribution in [0.3, 0.4) is 0 Å². The zero-order valence-electron chi connectivity index (χ0n) is 19.1. The number of benzene rings is 4. The van der Waals surface area contributed by atoms with E-state index in [0.29, 0.717) is 37.1 Å². The molecule has 0 saturated carbocycles. The standard InChI is InChI=1S/C30H28N2O2/c1-3-5-15-27(33)31-25-19-17-21-11-7-9-13-23(21)29(25)30-24-14-10-8-12-22(24)18-20-26(30)32-28(34)16-6-4-2/h3-4,7-14,17-20H,1-2,5-6,15-16H2,(H,31,33)(H,32,34). The molecule has 0 aliphatic carbocycles. The number of fused-ring (bicyclic) bond motifs is 2. The summed E-state index contributed by atoms with van der Waals surface area (Å²) in [6, 6.07) is 24.1. The number of anilines is 2. The summed E-state index contributed by atoms with van der Waals surface area (Å²) in [4.78, 5) is 25.4. The second kappa shape index (κ2) is 10.6. The average Bonchev–Trinajstić information content (AvgIpc) is 2.86. The quantitative estimate of drug-likeness (QED) is 0.261. The summed E-state index contributed by atoms with van der Waals surface area (Å²) in [5.74, 6) is -0.151. The molecule has 0 atom stereocenters. The highest BCUT2D eigenvalue weighted by Crippen LogP contribution is 2.43. The van der Waals surface area contributed by atoms with Crippen LogP contribution in [-0.4, -0.2) is 11.8 Å². The number of allylic oxidation sites excluding steroid dienone is 2. The third kappa shape index (κ3) is 4.91. The molecule has 34 heavy (non-hydrogen) atoms. The minimum Gasteiger partial charge on any atom is -0.325 e. The normalized spacial score (nSPS) is 10.7. The molecule has 0 spiro atoms. The second-order valence-corrected chi connectivity index (χ2v) is 8.17. The fraction of sp³-hybridized carbons (Fsp3) is 0.133. The molecule has 0 fully saturated rings. The van der Waals surface area contributed by atoms with Crippen LogP contribution in [0.15, 0.2) is 98.1 Å². The molecule has 4 rings (SSSR count). The highest BCUT2D eigenvalue weighted by atomic mass is 16.2. The van der Waals surface area contributed by atoms with Crippen molar-refractivity contribution in [2.24, 2.45) is 0 Å². The molecule has 4 nitrogen and oxygen atoms in total. The smallest absolute Gasteiger partial charge is 0.224 e. The second-order valence-electron chi connectivity index (χ2n) is 8.17. The highest BCUT2D eigenvalue weighted by molar-refractivity contribution is 6.16. The van der Waals surface area contributed by atoms with Crippen molar-refractivity contribution < 1.29 is 9.59 Å². The third-order valence-corrected chi connectivity index (χ3v) is 5.81. The van der Waals surface area contributed by atoms with Gasteiger partial charge in [-0.3, -0.25) is 9.59 Å². The van der Waals surface area contributed by atoms with Gasteiger partial charge in [0.2, 0.25) is 11.8 Å². The Labute approximate surface area is 200 Å². The lowest BCUT2D eigenvalue weighted by Gasteiger charge is -2.20. The highest BCUT2D eigenvalue weighted by Gasteiger charge is 2.19. The van der Waals surface area contributed by atoms with Crippen molar-refractivity contribution in [3.05, 3.63) is 98.1 Å². The first-order valence-corrected chi connectivity index (χ1v) is 11.5. The summed E-state index contributed by atoms with van der Waals surface area (Å²) in [7, 11) is 0. The van der Waals surface area contributed by atoms with Gasteiger partial charge in [-0.2, -0.15) is 0 Å². The zero-order chi connectivity index (χ0) is 23.9. The molecule has 4 aromatic carbocycles. The molecule has 0 heterocycles. The first-order chi connectivity index (χ1) is 16.6. The van der Waals surface area contributed by atoms with Gasteiger partial charge in [0, 0.05) is 35.3 Å². The van der Waals surface area contributed by atoms with E-state index < -0.39 is 0 Å². The number of carbonyl (C=O) groups is 2. The minimum absolute atomic E-state index is 0.0757. The van der Waals surface area contributed by atoms with Crippen molar-refractivity contribution in [1.29, 1.82) is 0 Å². The Morgan fingerprint density at radius 3 is 1.44 bits per heavy atom. The van der Waals surface area contributed by atoms with Crippen molar-refractivity contribution in [1.82, 2.24) is 0 Å². The third-order valence-electron chi connectivity index (χ3n) is 5.81. The van der Waals surface area contributed by atoms with Crippen molar-refractivity contribution in [3.8, 4) is 11.1 Å². The van der Waals surface area contributed by atoms with Crippen LogP contribution < -0.4 is 10.6 Å². The molecule has 2 amide bonds. The molecule has 2 N–H and O–H groups in total. The van der Waals surface area contributed by atoms with Gasteiger partial charge in [0.15, 0.2) is 0 Å². The Kier molecular flexibility index (Phi) is 7.19. The van der Waals surface area contributed by atoms with E-state index in [1.807, 2.05) is 48.5 Å². The van der Waals surface area contributed by atoms with E-state index in [1.54, 1.807) is 12.2 Å². The largest absolute Gasteiger partial charge is 0.325 e. The summed E-state index contributed by atoms with van der Waals surface area (Å²) in [6.07, 6.45) is 5.40. The minimum atomic E-state index is -0.0757. The number of nitrogens with one attached hydrogen (secondary N) is 2. The topological polar surface area (TPSA) is 58.2 Å². The van der Waals surface area contributed by atoms with Crippen LogP contribution in [0.2, 0.25) is 0 Å².